The molecule has 1 aromatic carbocycles. The van der Waals surface area contributed by atoms with E-state index in [0.717, 1.165) is 18.6 Å². The Morgan fingerprint density at radius 2 is 2.17 bits per heavy atom. The lowest BCUT2D eigenvalue weighted by Gasteiger charge is -2.19. The first-order valence-corrected chi connectivity index (χ1v) is 6.87. The fourth-order valence-electron chi connectivity index (χ4n) is 2.35. The van der Waals surface area contributed by atoms with E-state index >= 15 is 0 Å². The van der Waals surface area contributed by atoms with Gasteiger partial charge in [-0.2, -0.15) is 0 Å². The van der Waals surface area contributed by atoms with Crippen LogP contribution in [0.3, 0.4) is 0 Å². The highest BCUT2D eigenvalue weighted by atomic mass is 16.6. The molecule has 0 aliphatic carbocycles. The van der Waals surface area contributed by atoms with Crippen molar-refractivity contribution in [3.63, 3.8) is 0 Å². The predicted molar refractivity (Wildman–Crippen MR) is 74.2 cm³/mol. The van der Waals surface area contributed by atoms with Crippen LogP contribution in [-0.4, -0.2) is 18.3 Å². The molecule has 1 aliphatic rings. The van der Waals surface area contributed by atoms with E-state index in [1.54, 1.807) is 0 Å². The molecule has 0 saturated carbocycles. The topological polar surface area (TPSA) is 18.5 Å². The van der Waals surface area contributed by atoms with Crippen LogP contribution in [0.4, 0.5) is 0 Å². The quantitative estimate of drug-likeness (QED) is 0.797. The zero-order valence-electron chi connectivity index (χ0n) is 11.9. The molecule has 2 nitrogen and oxygen atoms in total. The van der Waals surface area contributed by atoms with Crippen LogP contribution in [0.25, 0.3) is 0 Å². The Bertz CT molecular complexity index is 396. The number of hydrogen-bond donors (Lipinski definition) is 0. The van der Waals surface area contributed by atoms with Gasteiger partial charge in [0.1, 0.15) is 12.4 Å². The van der Waals surface area contributed by atoms with Gasteiger partial charge >= 0.3 is 0 Å². The Labute approximate surface area is 110 Å². The van der Waals surface area contributed by atoms with Crippen molar-refractivity contribution in [3.05, 3.63) is 29.8 Å². The average molecular weight is 248 g/mol. The summed E-state index contributed by atoms with van der Waals surface area (Å²) < 4.78 is 11.8. The average Bonchev–Trinajstić information content (AvgIpc) is 2.67. The smallest absolute Gasteiger partial charge is 0.119 e. The molecule has 1 saturated heterocycles. The molecular weight excluding hydrogens is 224 g/mol. The molecule has 0 bridgehead atoms. The molecule has 0 N–H and O–H groups in total. The van der Waals surface area contributed by atoms with Crippen molar-refractivity contribution in [1.82, 2.24) is 0 Å². The minimum atomic E-state index is 0.0216. The Morgan fingerprint density at radius 3 is 2.78 bits per heavy atom. The molecule has 0 spiro atoms. The van der Waals surface area contributed by atoms with E-state index in [4.69, 9.17) is 9.47 Å². The molecule has 18 heavy (non-hydrogen) atoms. The van der Waals surface area contributed by atoms with Crippen molar-refractivity contribution < 1.29 is 9.47 Å². The first kappa shape index (κ1) is 13.4. The SMILES string of the molecule is CC(C)c1cccc(OCC2CCC(C)(C)O2)c1. The van der Waals surface area contributed by atoms with E-state index < -0.39 is 0 Å². The summed E-state index contributed by atoms with van der Waals surface area (Å²) in [4.78, 5) is 0. The van der Waals surface area contributed by atoms with Crippen LogP contribution in [0, 0.1) is 0 Å². The lowest BCUT2D eigenvalue weighted by Crippen LogP contribution is -2.23. The van der Waals surface area contributed by atoms with E-state index in [1.807, 2.05) is 6.07 Å². The molecule has 1 atom stereocenters. The molecule has 1 aromatic rings. The molecule has 1 aliphatic heterocycles. The lowest BCUT2D eigenvalue weighted by molar-refractivity contribution is -0.0326. The number of benzene rings is 1. The van der Waals surface area contributed by atoms with Gasteiger partial charge in [-0.3, -0.25) is 0 Å². The zero-order valence-corrected chi connectivity index (χ0v) is 11.9. The highest BCUT2D eigenvalue weighted by Crippen LogP contribution is 2.30. The summed E-state index contributed by atoms with van der Waals surface area (Å²) in [5.41, 5.74) is 1.34. The summed E-state index contributed by atoms with van der Waals surface area (Å²) >= 11 is 0. The fraction of sp³-hybridized carbons (Fsp3) is 0.625. The van der Waals surface area contributed by atoms with Gasteiger partial charge in [-0.05, 0) is 50.3 Å². The first-order chi connectivity index (χ1) is 8.46. The van der Waals surface area contributed by atoms with E-state index in [1.165, 1.54) is 5.56 Å². The standard InChI is InChI=1S/C16H24O2/c1-12(2)13-6-5-7-14(10-13)17-11-15-8-9-16(3,4)18-15/h5-7,10,12,15H,8-9,11H2,1-4H3. The van der Waals surface area contributed by atoms with Crippen LogP contribution in [0.5, 0.6) is 5.75 Å². The second-order valence-electron chi connectivity index (χ2n) is 6.08. The minimum Gasteiger partial charge on any atom is -0.491 e. The molecule has 1 unspecified atom stereocenters. The summed E-state index contributed by atoms with van der Waals surface area (Å²) in [6.45, 7) is 9.34. The minimum absolute atomic E-state index is 0.0216. The number of rotatable bonds is 4. The summed E-state index contributed by atoms with van der Waals surface area (Å²) in [5.74, 6) is 1.49. The largest absolute Gasteiger partial charge is 0.491 e. The van der Waals surface area contributed by atoms with Crippen LogP contribution in [0.1, 0.15) is 52.0 Å². The summed E-state index contributed by atoms with van der Waals surface area (Å²) in [6, 6.07) is 8.35. The van der Waals surface area contributed by atoms with Crippen molar-refractivity contribution in [2.75, 3.05) is 6.61 Å². The number of ether oxygens (including phenoxy) is 2. The molecule has 0 radical (unpaired) electrons. The van der Waals surface area contributed by atoms with E-state index in [-0.39, 0.29) is 11.7 Å². The summed E-state index contributed by atoms with van der Waals surface area (Å²) in [5, 5.41) is 0. The molecule has 2 heteroatoms. The van der Waals surface area contributed by atoms with Crippen LogP contribution < -0.4 is 4.74 Å². The van der Waals surface area contributed by atoms with Gasteiger partial charge in [-0.1, -0.05) is 26.0 Å². The van der Waals surface area contributed by atoms with Gasteiger partial charge in [0.25, 0.3) is 0 Å². The van der Waals surface area contributed by atoms with Crippen LogP contribution >= 0.6 is 0 Å². The highest BCUT2D eigenvalue weighted by Gasteiger charge is 2.31. The summed E-state index contributed by atoms with van der Waals surface area (Å²) in [6.07, 6.45) is 2.45. The molecule has 0 aromatic heterocycles. The number of hydrogen-bond acceptors (Lipinski definition) is 2. The van der Waals surface area contributed by atoms with Crippen molar-refractivity contribution >= 4 is 0 Å². The maximum Gasteiger partial charge on any atom is 0.119 e. The molecule has 0 amide bonds. The van der Waals surface area contributed by atoms with Crippen LogP contribution in [0.15, 0.2) is 24.3 Å². The summed E-state index contributed by atoms with van der Waals surface area (Å²) in [7, 11) is 0. The second-order valence-corrected chi connectivity index (χ2v) is 6.08. The second kappa shape index (κ2) is 5.31. The maximum atomic E-state index is 5.92. The van der Waals surface area contributed by atoms with E-state index in [9.17, 15) is 0 Å². The van der Waals surface area contributed by atoms with Gasteiger partial charge in [0.15, 0.2) is 0 Å². The normalized spacial score (nSPS) is 22.4. The Morgan fingerprint density at radius 1 is 1.39 bits per heavy atom. The van der Waals surface area contributed by atoms with E-state index in [2.05, 4.69) is 45.9 Å². The van der Waals surface area contributed by atoms with Gasteiger partial charge in [-0.25, -0.2) is 0 Å². The van der Waals surface area contributed by atoms with Gasteiger partial charge in [0, 0.05) is 0 Å². The lowest BCUT2D eigenvalue weighted by atomic mass is 10.0. The Hall–Kier alpha value is -1.02. The van der Waals surface area contributed by atoms with Crippen molar-refractivity contribution in [2.45, 2.75) is 58.2 Å². The van der Waals surface area contributed by atoms with Crippen LogP contribution in [0.2, 0.25) is 0 Å². The molecule has 1 heterocycles. The third-order valence-corrected chi connectivity index (χ3v) is 3.51. The fourth-order valence-corrected chi connectivity index (χ4v) is 2.35. The highest BCUT2D eigenvalue weighted by molar-refractivity contribution is 5.30. The van der Waals surface area contributed by atoms with Gasteiger partial charge in [0.05, 0.1) is 11.7 Å². The Balaban J connectivity index is 1.89. The Kier molecular flexibility index (Phi) is 3.96. The molecular formula is C16H24O2. The molecule has 1 fully saturated rings. The maximum absolute atomic E-state index is 5.92. The third kappa shape index (κ3) is 3.49. The first-order valence-electron chi connectivity index (χ1n) is 6.87. The predicted octanol–water partition coefficient (Wildman–Crippen LogP) is 4.15. The van der Waals surface area contributed by atoms with Crippen molar-refractivity contribution in [3.8, 4) is 5.75 Å². The van der Waals surface area contributed by atoms with Crippen LogP contribution in [-0.2, 0) is 4.74 Å². The van der Waals surface area contributed by atoms with Crippen molar-refractivity contribution in [2.24, 2.45) is 0 Å². The van der Waals surface area contributed by atoms with E-state index in [0.29, 0.717) is 12.5 Å². The monoisotopic (exact) mass is 248 g/mol. The van der Waals surface area contributed by atoms with Gasteiger partial charge in [-0.15, -0.1) is 0 Å². The zero-order chi connectivity index (χ0) is 13.2. The van der Waals surface area contributed by atoms with Gasteiger partial charge < -0.3 is 9.47 Å². The van der Waals surface area contributed by atoms with Crippen molar-refractivity contribution in [1.29, 1.82) is 0 Å². The third-order valence-electron chi connectivity index (χ3n) is 3.51. The molecule has 2 rings (SSSR count). The van der Waals surface area contributed by atoms with Gasteiger partial charge in [0.2, 0.25) is 0 Å². The molecule has 100 valence electrons.